The molecule has 0 fully saturated rings. The van der Waals surface area contributed by atoms with Crippen molar-refractivity contribution in [2.24, 2.45) is 0 Å². The number of ether oxygens (including phenoxy) is 1. The van der Waals surface area contributed by atoms with Crippen molar-refractivity contribution in [1.82, 2.24) is 10.6 Å². The molecule has 10 heteroatoms. The Balaban J connectivity index is 2.79. The van der Waals surface area contributed by atoms with E-state index in [4.69, 9.17) is 4.43 Å². The van der Waals surface area contributed by atoms with Crippen molar-refractivity contribution in [2.75, 3.05) is 19.0 Å². The molecule has 9 nitrogen and oxygen atoms in total. The van der Waals surface area contributed by atoms with E-state index in [1.165, 1.54) is 7.11 Å². The van der Waals surface area contributed by atoms with Gasteiger partial charge in [0.05, 0.1) is 32.9 Å². The quantitative estimate of drug-likeness (QED) is 0.282. The second-order valence-corrected chi connectivity index (χ2v) is 14.5. The van der Waals surface area contributed by atoms with Crippen molar-refractivity contribution in [3.8, 4) is 0 Å². The zero-order valence-corrected chi connectivity index (χ0v) is 22.0. The van der Waals surface area contributed by atoms with Crippen LogP contribution in [0.1, 0.15) is 45.7 Å². The molecule has 0 bridgehead atoms. The van der Waals surface area contributed by atoms with E-state index in [2.05, 4.69) is 54.6 Å². The standard InChI is InChI=1S/C23H39N3O6Si/c1-15(24-12-20(28)31-6)21(29)25-16(2)22(30)26-19-10-17(13-27)9-18(11-19)14-32-33(7,8)23(3,4)5/h9-11,15-16,24,27H,12-14H2,1-8H3,(H,25,29)(H,26,30)/t15-,16-/m0/s1. The van der Waals surface area contributed by atoms with Crippen molar-refractivity contribution < 1.29 is 28.7 Å². The first-order valence-corrected chi connectivity index (χ1v) is 13.9. The minimum atomic E-state index is -1.96. The summed E-state index contributed by atoms with van der Waals surface area (Å²) in [5.41, 5.74) is 2.01. The van der Waals surface area contributed by atoms with E-state index in [0.29, 0.717) is 17.9 Å². The molecule has 0 saturated heterocycles. The molecule has 0 heterocycles. The van der Waals surface area contributed by atoms with Crippen LogP contribution in [-0.4, -0.2) is 56.9 Å². The maximum absolute atomic E-state index is 12.6. The van der Waals surface area contributed by atoms with Gasteiger partial charge < -0.3 is 24.9 Å². The summed E-state index contributed by atoms with van der Waals surface area (Å²) in [4.78, 5) is 36.1. The van der Waals surface area contributed by atoms with Crippen molar-refractivity contribution in [2.45, 2.75) is 78.0 Å². The van der Waals surface area contributed by atoms with Crippen molar-refractivity contribution in [1.29, 1.82) is 0 Å². The maximum Gasteiger partial charge on any atom is 0.319 e. The van der Waals surface area contributed by atoms with E-state index < -0.39 is 38.2 Å². The molecule has 0 spiro atoms. The molecule has 0 radical (unpaired) electrons. The van der Waals surface area contributed by atoms with Gasteiger partial charge >= 0.3 is 5.97 Å². The topological polar surface area (TPSA) is 126 Å². The van der Waals surface area contributed by atoms with Gasteiger partial charge in [0, 0.05) is 5.69 Å². The molecule has 1 aromatic carbocycles. The summed E-state index contributed by atoms with van der Waals surface area (Å²) in [6.45, 7) is 14.1. The Morgan fingerprint density at radius 3 is 2.18 bits per heavy atom. The van der Waals surface area contributed by atoms with E-state index in [1.54, 1.807) is 26.0 Å². The number of benzene rings is 1. The van der Waals surface area contributed by atoms with Crippen molar-refractivity contribution >= 4 is 31.8 Å². The molecule has 1 aromatic rings. The first-order valence-electron chi connectivity index (χ1n) is 11.0. The Morgan fingerprint density at radius 1 is 1.03 bits per heavy atom. The molecule has 0 unspecified atom stereocenters. The van der Waals surface area contributed by atoms with Crippen LogP contribution in [0.4, 0.5) is 5.69 Å². The highest BCUT2D eigenvalue weighted by Crippen LogP contribution is 2.37. The molecule has 33 heavy (non-hydrogen) atoms. The lowest BCUT2D eigenvalue weighted by Crippen LogP contribution is -2.50. The molecular weight excluding hydrogens is 442 g/mol. The first-order chi connectivity index (χ1) is 15.2. The third-order valence-corrected chi connectivity index (χ3v) is 10.3. The fourth-order valence-electron chi connectivity index (χ4n) is 2.55. The van der Waals surface area contributed by atoms with Crippen molar-refractivity contribution in [3.05, 3.63) is 29.3 Å². The number of carbonyl (C=O) groups is 3. The summed E-state index contributed by atoms with van der Waals surface area (Å²) in [5.74, 6) is -1.32. The third-order valence-electron chi connectivity index (χ3n) is 5.83. The van der Waals surface area contributed by atoms with Crippen molar-refractivity contribution in [3.63, 3.8) is 0 Å². The van der Waals surface area contributed by atoms with Gasteiger partial charge in [-0.05, 0) is 55.2 Å². The number of hydrogen-bond acceptors (Lipinski definition) is 7. The van der Waals surface area contributed by atoms with E-state index >= 15 is 0 Å². The highest BCUT2D eigenvalue weighted by molar-refractivity contribution is 6.74. The Hall–Kier alpha value is -2.27. The van der Waals surface area contributed by atoms with Crippen LogP contribution in [0.15, 0.2) is 18.2 Å². The molecule has 0 aromatic heterocycles. The average Bonchev–Trinajstić information content (AvgIpc) is 2.74. The number of methoxy groups -OCH3 is 1. The summed E-state index contributed by atoms with van der Waals surface area (Å²) in [6, 6.07) is 3.84. The molecule has 0 saturated carbocycles. The first kappa shape index (κ1) is 28.8. The number of anilines is 1. The van der Waals surface area contributed by atoms with Gasteiger partial charge in [-0.15, -0.1) is 0 Å². The van der Waals surface area contributed by atoms with Crippen LogP contribution in [0.2, 0.25) is 18.1 Å². The van der Waals surface area contributed by atoms with Crippen LogP contribution >= 0.6 is 0 Å². The maximum atomic E-state index is 12.6. The lowest BCUT2D eigenvalue weighted by molar-refractivity contribution is -0.139. The minimum absolute atomic E-state index is 0.0646. The zero-order chi connectivity index (χ0) is 25.4. The molecule has 4 N–H and O–H groups in total. The molecule has 0 aliphatic rings. The van der Waals surface area contributed by atoms with Gasteiger partial charge in [-0.1, -0.05) is 26.8 Å². The average molecular weight is 482 g/mol. The van der Waals surface area contributed by atoms with E-state index in [0.717, 1.165) is 5.56 Å². The lowest BCUT2D eigenvalue weighted by Gasteiger charge is -2.36. The van der Waals surface area contributed by atoms with Gasteiger partial charge in [-0.25, -0.2) is 0 Å². The smallest absolute Gasteiger partial charge is 0.319 e. The van der Waals surface area contributed by atoms with Gasteiger partial charge in [-0.2, -0.15) is 0 Å². The third kappa shape index (κ3) is 9.24. The Kier molecular flexibility index (Phi) is 10.7. The number of aliphatic hydroxyl groups is 1. The highest BCUT2D eigenvalue weighted by Gasteiger charge is 2.37. The number of hydrogen-bond donors (Lipinski definition) is 4. The Morgan fingerprint density at radius 2 is 1.64 bits per heavy atom. The van der Waals surface area contributed by atoms with E-state index in [9.17, 15) is 19.5 Å². The molecule has 0 aliphatic carbocycles. The Bertz CT molecular complexity index is 838. The van der Waals surface area contributed by atoms with Crippen LogP contribution in [0, 0.1) is 0 Å². The monoisotopic (exact) mass is 481 g/mol. The zero-order valence-electron chi connectivity index (χ0n) is 21.0. The highest BCUT2D eigenvalue weighted by atomic mass is 28.4. The van der Waals surface area contributed by atoms with Crippen LogP contribution in [-0.2, 0) is 36.8 Å². The largest absolute Gasteiger partial charge is 0.468 e. The number of carbonyl (C=O) groups excluding carboxylic acids is 3. The summed E-state index contributed by atoms with van der Waals surface area (Å²) < 4.78 is 10.8. The van der Waals surface area contributed by atoms with Gasteiger partial charge in [0.2, 0.25) is 11.8 Å². The summed E-state index contributed by atoms with van der Waals surface area (Å²) in [5, 5.41) is 17.8. The fraction of sp³-hybridized carbons (Fsp3) is 0.609. The van der Waals surface area contributed by atoms with E-state index in [-0.39, 0.29) is 18.2 Å². The minimum Gasteiger partial charge on any atom is -0.468 e. The molecular formula is C23H39N3O6Si. The number of amides is 2. The van der Waals surface area contributed by atoms with Gasteiger partial charge in [0.15, 0.2) is 8.32 Å². The SMILES string of the molecule is COC(=O)CN[C@@H](C)C(=O)N[C@@H](C)C(=O)Nc1cc(CO)cc(CO[Si](C)(C)C(C)(C)C)c1. The summed E-state index contributed by atoms with van der Waals surface area (Å²) >= 11 is 0. The molecule has 1 rings (SSSR count). The van der Waals surface area contributed by atoms with Crippen LogP contribution in [0.3, 0.4) is 0 Å². The number of rotatable bonds is 11. The normalized spacial score (nSPS) is 13.7. The number of aliphatic hydroxyl groups excluding tert-OH is 1. The Labute approximate surface area is 197 Å². The van der Waals surface area contributed by atoms with Gasteiger partial charge in [-0.3, -0.25) is 19.7 Å². The second-order valence-electron chi connectivity index (χ2n) is 9.64. The predicted octanol–water partition coefficient (Wildman–Crippen LogP) is 2.29. The lowest BCUT2D eigenvalue weighted by atomic mass is 10.1. The fourth-order valence-corrected chi connectivity index (χ4v) is 3.51. The molecule has 2 amide bonds. The summed E-state index contributed by atoms with van der Waals surface area (Å²) in [7, 11) is -0.699. The second kappa shape index (κ2) is 12.3. The predicted molar refractivity (Wildman–Crippen MR) is 130 cm³/mol. The molecule has 186 valence electrons. The van der Waals surface area contributed by atoms with Crippen LogP contribution < -0.4 is 16.0 Å². The number of esters is 1. The summed E-state index contributed by atoms with van der Waals surface area (Å²) in [6.07, 6.45) is 0. The van der Waals surface area contributed by atoms with Crippen LogP contribution in [0.25, 0.3) is 0 Å². The van der Waals surface area contributed by atoms with Gasteiger partial charge in [0.1, 0.15) is 6.04 Å². The molecule has 2 atom stereocenters. The van der Waals surface area contributed by atoms with Gasteiger partial charge in [0.25, 0.3) is 0 Å². The van der Waals surface area contributed by atoms with E-state index in [1.807, 2.05) is 6.07 Å². The number of nitrogens with one attached hydrogen (secondary N) is 3. The van der Waals surface area contributed by atoms with Crippen LogP contribution in [0.5, 0.6) is 0 Å². The molecule has 0 aliphatic heterocycles.